The van der Waals surface area contributed by atoms with Gasteiger partial charge in [0.15, 0.2) is 0 Å². The molecule has 0 saturated carbocycles. The summed E-state index contributed by atoms with van der Waals surface area (Å²) >= 11 is 17.3. The summed E-state index contributed by atoms with van der Waals surface area (Å²) in [6, 6.07) is 16.3. The lowest BCUT2D eigenvalue weighted by atomic mass is 10.0. The summed E-state index contributed by atoms with van der Waals surface area (Å²) in [4.78, 5) is 0. The van der Waals surface area contributed by atoms with Gasteiger partial charge in [-0.1, -0.05) is 89.4 Å². The van der Waals surface area contributed by atoms with Gasteiger partial charge in [0.2, 0.25) is 3.79 Å². The third-order valence-electron chi connectivity index (χ3n) is 2.67. The van der Waals surface area contributed by atoms with Crippen LogP contribution in [0.25, 0.3) is 0 Å². The lowest BCUT2D eigenvalue weighted by Crippen LogP contribution is -2.03. The fourth-order valence-corrected chi connectivity index (χ4v) is 2.06. The number of halogens is 3. The van der Waals surface area contributed by atoms with Crippen molar-refractivity contribution in [1.29, 1.82) is 0 Å². The number of hydrogen-bond acceptors (Lipinski definition) is 1. The predicted molar refractivity (Wildman–Crippen MR) is 76.2 cm³/mol. The molecule has 0 saturated heterocycles. The van der Waals surface area contributed by atoms with Gasteiger partial charge in [-0.15, -0.1) is 0 Å². The molecule has 0 amide bonds. The first-order chi connectivity index (χ1) is 8.48. The zero-order valence-electron chi connectivity index (χ0n) is 9.35. The first-order valence-corrected chi connectivity index (χ1v) is 6.52. The van der Waals surface area contributed by atoms with E-state index >= 15 is 0 Å². The smallest absolute Gasteiger partial charge is 0.216 e. The molecule has 2 aromatic rings. The van der Waals surface area contributed by atoms with Crippen LogP contribution in [-0.2, 0) is 3.79 Å². The second kappa shape index (κ2) is 5.50. The van der Waals surface area contributed by atoms with Crippen LogP contribution in [0, 0.1) is 0 Å². The van der Waals surface area contributed by atoms with Gasteiger partial charge in [-0.05, 0) is 11.1 Å². The highest BCUT2D eigenvalue weighted by Crippen LogP contribution is 2.38. The maximum atomic E-state index is 10.2. The molecular formula is C14H11Cl3O. The van der Waals surface area contributed by atoms with Crippen molar-refractivity contribution in [1.82, 2.24) is 0 Å². The molecule has 0 heterocycles. The van der Waals surface area contributed by atoms with Gasteiger partial charge in [-0.25, -0.2) is 0 Å². The van der Waals surface area contributed by atoms with Gasteiger partial charge in [-0.3, -0.25) is 0 Å². The molecule has 0 radical (unpaired) electrons. The number of rotatable bonds is 2. The number of aliphatic hydroxyl groups is 1. The Balaban J connectivity index is 2.25. The summed E-state index contributed by atoms with van der Waals surface area (Å²) in [6.45, 7) is 0. The second-order valence-corrected chi connectivity index (χ2v) is 6.21. The van der Waals surface area contributed by atoms with Crippen LogP contribution in [0.4, 0.5) is 0 Å². The summed E-state index contributed by atoms with van der Waals surface area (Å²) in [5.41, 5.74) is 2.18. The summed E-state index contributed by atoms with van der Waals surface area (Å²) in [7, 11) is 0. The van der Waals surface area contributed by atoms with E-state index in [9.17, 15) is 5.11 Å². The SMILES string of the molecule is OC(c1ccccc1)c1ccc(C(Cl)(Cl)Cl)cc1. The first kappa shape index (κ1) is 13.7. The van der Waals surface area contributed by atoms with Crippen LogP contribution in [0.2, 0.25) is 0 Å². The Morgan fingerprint density at radius 3 is 1.78 bits per heavy atom. The molecule has 1 atom stereocenters. The maximum Gasteiger partial charge on any atom is 0.216 e. The average molecular weight is 302 g/mol. The van der Waals surface area contributed by atoms with Crippen LogP contribution in [0.3, 0.4) is 0 Å². The fraction of sp³-hybridized carbons (Fsp3) is 0.143. The summed E-state index contributed by atoms with van der Waals surface area (Å²) < 4.78 is -1.43. The van der Waals surface area contributed by atoms with E-state index in [-0.39, 0.29) is 0 Å². The monoisotopic (exact) mass is 300 g/mol. The molecule has 2 rings (SSSR count). The molecule has 0 bridgehead atoms. The number of benzene rings is 2. The molecule has 1 N–H and O–H groups in total. The number of hydrogen-bond donors (Lipinski definition) is 1. The molecule has 0 aliphatic carbocycles. The molecule has 1 unspecified atom stereocenters. The zero-order valence-corrected chi connectivity index (χ0v) is 11.6. The Bertz CT molecular complexity index is 503. The first-order valence-electron chi connectivity index (χ1n) is 5.38. The maximum absolute atomic E-state index is 10.2. The molecule has 0 aromatic heterocycles. The molecule has 1 nitrogen and oxygen atoms in total. The quantitative estimate of drug-likeness (QED) is 0.804. The van der Waals surface area contributed by atoms with Crippen molar-refractivity contribution in [3.05, 3.63) is 71.3 Å². The molecular weight excluding hydrogens is 291 g/mol. The van der Waals surface area contributed by atoms with Gasteiger partial charge in [0, 0.05) is 5.56 Å². The number of alkyl halides is 3. The van der Waals surface area contributed by atoms with E-state index in [1.807, 2.05) is 30.3 Å². The fourth-order valence-electron chi connectivity index (χ4n) is 1.68. The van der Waals surface area contributed by atoms with E-state index < -0.39 is 9.90 Å². The highest BCUT2D eigenvalue weighted by molar-refractivity contribution is 6.66. The molecule has 18 heavy (non-hydrogen) atoms. The Morgan fingerprint density at radius 1 is 0.778 bits per heavy atom. The van der Waals surface area contributed by atoms with Crippen LogP contribution in [0.5, 0.6) is 0 Å². The normalized spacial score (nSPS) is 13.3. The standard InChI is InChI=1S/C14H11Cl3O/c15-14(16,17)12-8-6-11(7-9-12)13(18)10-4-2-1-3-5-10/h1-9,13,18H. The van der Waals surface area contributed by atoms with Crippen LogP contribution in [0.1, 0.15) is 22.8 Å². The summed E-state index contributed by atoms with van der Waals surface area (Å²) in [6.07, 6.45) is -0.671. The Kier molecular flexibility index (Phi) is 4.18. The van der Waals surface area contributed by atoms with Crippen LogP contribution < -0.4 is 0 Å². The summed E-state index contributed by atoms with van der Waals surface area (Å²) in [5.74, 6) is 0. The van der Waals surface area contributed by atoms with E-state index in [4.69, 9.17) is 34.8 Å². The molecule has 0 aliphatic rings. The van der Waals surface area contributed by atoms with Crippen molar-refractivity contribution in [2.45, 2.75) is 9.90 Å². The van der Waals surface area contributed by atoms with Gasteiger partial charge >= 0.3 is 0 Å². The molecule has 2 aromatic carbocycles. The van der Waals surface area contributed by atoms with Crippen molar-refractivity contribution in [3.8, 4) is 0 Å². The topological polar surface area (TPSA) is 20.2 Å². The average Bonchev–Trinajstić information content (AvgIpc) is 2.38. The lowest BCUT2D eigenvalue weighted by molar-refractivity contribution is 0.220. The van der Waals surface area contributed by atoms with E-state index in [1.54, 1.807) is 24.3 Å². The highest BCUT2D eigenvalue weighted by Gasteiger charge is 2.22. The molecule has 94 valence electrons. The van der Waals surface area contributed by atoms with Gasteiger partial charge in [0.1, 0.15) is 6.10 Å². The molecule has 4 heteroatoms. The van der Waals surface area contributed by atoms with Gasteiger partial charge < -0.3 is 5.11 Å². The number of aliphatic hydroxyl groups excluding tert-OH is 1. The zero-order chi connectivity index (χ0) is 13.2. The van der Waals surface area contributed by atoms with Crippen LogP contribution in [-0.4, -0.2) is 5.11 Å². The third kappa shape index (κ3) is 3.18. The van der Waals surface area contributed by atoms with Crippen molar-refractivity contribution in [2.75, 3.05) is 0 Å². The van der Waals surface area contributed by atoms with E-state index in [1.165, 1.54) is 0 Å². The van der Waals surface area contributed by atoms with E-state index in [0.29, 0.717) is 5.56 Å². The molecule has 0 spiro atoms. The predicted octanol–water partition coefficient (Wildman–Crippen LogP) is 4.60. The van der Waals surface area contributed by atoms with E-state index in [2.05, 4.69) is 0 Å². The van der Waals surface area contributed by atoms with Gasteiger partial charge in [-0.2, -0.15) is 0 Å². The minimum absolute atomic E-state index is 0.580. The van der Waals surface area contributed by atoms with Crippen molar-refractivity contribution in [3.63, 3.8) is 0 Å². The minimum atomic E-state index is -1.43. The third-order valence-corrected chi connectivity index (χ3v) is 3.32. The molecule has 0 aliphatic heterocycles. The summed E-state index contributed by atoms with van der Waals surface area (Å²) in [5, 5.41) is 10.2. The highest BCUT2D eigenvalue weighted by atomic mass is 35.6. The second-order valence-electron chi connectivity index (χ2n) is 3.93. The Labute approximate surface area is 121 Å². The van der Waals surface area contributed by atoms with E-state index in [0.717, 1.165) is 11.1 Å². The lowest BCUT2D eigenvalue weighted by Gasteiger charge is -2.14. The Morgan fingerprint density at radius 2 is 1.28 bits per heavy atom. The largest absolute Gasteiger partial charge is 0.384 e. The minimum Gasteiger partial charge on any atom is -0.384 e. The molecule has 0 fully saturated rings. The van der Waals surface area contributed by atoms with Gasteiger partial charge in [0.05, 0.1) is 0 Å². The van der Waals surface area contributed by atoms with Crippen LogP contribution >= 0.6 is 34.8 Å². The van der Waals surface area contributed by atoms with Gasteiger partial charge in [0.25, 0.3) is 0 Å². The Hall–Kier alpha value is -0.730. The van der Waals surface area contributed by atoms with Crippen LogP contribution in [0.15, 0.2) is 54.6 Å². The van der Waals surface area contributed by atoms with Crippen molar-refractivity contribution < 1.29 is 5.11 Å². The van der Waals surface area contributed by atoms with Crippen molar-refractivity contribution >= 4 is 34.8 Å². The van der Waals surface area contributed by atoms with Crippen molar-refractivity contribution in [2.24, 2.45) is 0 Å².